The van der Waals surface area contributed by atoms with Crippen LogP contribution in [0.5, 0.6) is 0 Å². The van der Waals surface area contributed by atoms with E-state index in [0.717, 1.165) is 37.3 Å². The first-order chi connectivity index (χ1) is 12.2. The molecule has 0 saturated heterocycles. The molecule has 1 aliphatic rings. The number of imidazole rings is 1. The summed E-state index contributed by atoms with van der Waals surface area (Å²) in [4.78, 5) is 9.65. The molecule has 4 rings (SSSR count). The van der Waals surface area contributed by atoms with Crippen molar-refractivity contribution in [1.82, 2.24) is 14.1 Å². The lowest BCUT2D eigenvalue weighted by molar-refractivity contribution is 0.210. The fourth-order valence-corrected chi connectivity index (χ4v) is 4.11. The third-order valence-corrected chi connectivity index (χ3v) is 5.37. The fraction of sp³-hybridized carbons (Fsp3) is 0.400. The van der Waals surface area contributed by atoms with Crippen LogP contribution >= 0.6 is 0 Å². The third-order valence-electron chi connectivity index (χ3n) is 5.37. The molecule has 0 spiro atoms. The number of rotatable bonds is 3. The lowest BCUT2D eigenvalue weighted by Crippen LogP contribution is -2.21. The van der Waals surface area contributed by atoms with Gasteiger partial charge in [0, 0.05) is 54.1 Å². The van der Waals surface area contributed by atoms with Crippen LogP contribution in [0.1, 0.15) is 29.9 Å². The van der Waals surface area contributed by atoms with Gasteiger partial charge in [0.15, 0.2) is 0 Å². The summed E-state index contributed by atoms with van der Waals surface area (Å²) < 4.78 is 4.53. The predicted octanol–water partition coefficient (Wildman–Crippen LogP) is 3.69. The average Bonchev–Trinajstić information content (AvgIpc) is 3.08. The summed E-state index contributed by atoms with van der Waals surface area (Å²) in [6.07, 6.45) is 7.24. The Morgan fingerprint density at radius 1 is 1.32 bits per heavy atom. The number of aryl methyl sites for hydroxylation is 2. The number of hydrogen-bond acceptors (Lipinski definition) is 3. The number of para-hydroxylation sites is 1. The summed E-state index contributed by atoms with van der Waals surface area (Å²) >= 11 is 0. The van der Waals surface area contributed by atoms with Crippen molar-refractivity contribution in [1.29, 1.82) is 0 Å². The highest BCUT2D eigenvalue weighted by Gasteiger charge is 2.29. The summed E-state index contributed by atoms with van der Waals surface area (Å²) in [5.74, 6) is 1.36. The highest BCUT2D eigenvalue weighted by molar-refractivity contribution is 6.13. The number of aromatic nitrogens is 3. The minimum absolute atomic E-state index is 0.319. The van der Waals surface area contributed by atoms with E-state index >= 15 is 0 Å². The number of nitrogens with zero attached hydrogens (tertiary/aromatic N) is 4. The smallest absolute Gasteiger partial charge is 0.106 e. The van der Waals surface area contributed by atoms with E-state index < -0.39 is 0 Å². The second-order valence-corrected chi connectivity index (χ2v) is 6.77. The van der Waals surface area contributed by atoms with Gasteiger partial charge in [0.2, 0.25) is 0 Å². The summed E-state index contributed by atoms with van der Waals surface area (Å²) in [6.45, 7) is 2.93. The number of hydrogen-bond donors (Lipinski definition) is 0. The Labute approximate surface area is 147 Å². The van der Waals surface area contributed by atoms with Crippen molar-refractivity contribution in [3.05, 3.63) is 53.7 Å². The highest BCUT2D eigenvalue weighted by atomic mass is 16.6. The standard InChI is InChI=1S/C20H24N4O/c1-14-21-11-12-24(14)13-15-7-6-10-18-19(20(15)22-25-3)16-8-4-5-9-17(16)23(18)2/h4-5,8-9,11-12,15H,6-7,10,13H2,1-3H3/b22-20+. The number of benzene rings is 1. The van der Waals surface area contributed by atoms with Gasteiger partial charge in [0.25, 0.3) is 0 Å². The Morgan fingerprint density at radius 3 is 2.92 bits per heavy atom. The van der Waals surface area contributed by atoms with E-state index in [4.69, 9.17) is 4.84 Å². The van der Waals surface area contributed by atoms with E-state index in [9.17, 15) is 0 Å². The summed E-state index contributed by atoms with van der Waals surface area (Å²) in [6, 6.07) is 8.58. The average molecular weight is 336 g/mol. The van der Waals surface area contributed by atoms with Crippen LogP contribution in [0.2, 0.25) is 0 Å². The maximum atomic E-state index is 5.29. The molecule has 25 heavy (non-hydrogen) atoms. The fourth-order valence-electron chi connectivity index (χ4n) is 4.11. The van der Waals surface area contributed by atoms with Crippen LogP contribution in [-0.4, -0.2) is 26.9 Å². The highest BCUT2D eigenvalue weighted by Crippen LogP contribution is 2.34. The van der Waals surface area contributed by atoms with Crippen LogP contribution < -0.4 is 0 Å². The predicted molar refractivity (Wildman–Crippen MR) is 99.9 cm³/mol. The van der Waals surface area contributed by atoms with E-state index in [-0.39, 0.29) is 0 Å². The molecule has 2 aromatic heterocycles. The molecular weight excluding hydrogens is 312 g/mol. The molecule has 5 nitrogen and oxygen atoms in total. The summed E-state index contributed by atoms with van der Waals surface area (Å²) in [5.41, 5.74) is 4.96. The lowest BCUT2D eigenvalue weighted by Gasteiger charge is -2.18. The first-order valence-electron chi connectivity index (χ1n) is 8.86. The van der Waals surface area contributed by atoms with Gasteiger partial charge in [-0.05, 0) is 32.3 Å². The summed E-state index contributed by atoms with van der Waals surface area (Å²) in [5, 5.41) is 5.78. The molecule has 1 aromatic carbocycles. The van der Waals surface area contributed by atoms with Crippen molar-refractivity contribution < 1.29 is 4.84 Å². The molecule has 0 radical (unpaired) electrons. The monoisotopic (exact) mass is 336 g/mol. The maximum Gasteiger partial charge on any atom is 0.106 e. The van der Waals surface area contributed by atoms with E-state index in [2.05, 4.69) is 56.8 Å². The normalized spacial score (nSPS) is 19.2. The van der Waals surface area contributed by atoms with E-state index in [1.54, 1.807) is 7.11 Å². The Morgan fingerprint density at radius 2 is 2.16 bits per heavy atom. The molecule has 1 aliphatic carbocycles. The molecule has 2 heterocycles. The van der Waals surface area contributed by atoms with Gasteiger partial charge in [-0.1, -0.05) is 23.4 Å². The largest absolute Gasteiger partial charge is 0.399 e. The van der Waals surface area contributed by atoms with Crippen molar-refractivity contribution >= 4 is 16.6 Å². The zero-order chi connectivity index (χ0) is 17.4. The zero-order valence-corrected chi connectivity index (χ0v) is 15.1. The molecule has 0 bridgehead atoms. The topological polar surface area (TPSA) is 44.3 Å². The SMILES string of the molecule is CO/N=C1/c2c(n(C)c3ccccc23)CCCC1Cn1ccnc1C. The van der Waals surface area contributed by atoms with Crippen molar-refractivity contribution in [2.75, 3.05) is 7.11 Å². The van der Waals surface area contributed by atoms with Crippen LogP contribution in [0.15, 0.2) is 41.8 Å². The Bertz CT molecular complexity index is 934. The Balaban J connectivity index is 1.86. The van der Waals surface area contributed by atoms with Crippen LogP contribution in [0.3, 0.4) is 0 Å². The molecule has 0 amide bonds. The molecule has 3 aromatic rings. The van der Waals surface area contributed by atoms with Gasteiger partial charge < -0.3 is 14.0 Å². The molecule has 1 unspecified atom stereocenters. The van der Waals surface area contributed by atoms with Crippen molar-refractivity contribution in [3.63, 3.8) is 0 Å². The first kappa shape index (κ1) is 15.9. The van der Waals surface area contributed by atoms with Crippen LogP contribution in [0.4, 0.5) is 0 Å². The maximum absolute atomic E-state index is 5.29. The minimum atomic E-state index is 0.319. The molecule has 0 saturated carbocycles. The second kappa shape index (κ2) is 6.39. The molecule has 0 aliphatic heterocycles. The van der Waals surface area contributed by atoms with Crippen molar-refractivity contribution in [3.8, 4) is 0 Å². The van der Waals surface area contributed by atoms with Crippen LogP contribution in [-0.2, 0) is 24.9 Å². The third kappa shape index (κ3) is 2.64. The van der Waals surface area contributed by atoms with E-state index in [1.165, 1.54) is 22.2 Å². The van der Waals surface area contributed by atoms with Crippen LogP contribution in [0, 0.1) is 12.8 Å². The molecule has 130 valence electrons. The number of oxime groups is 1. The van der Waals surface area contributed by atoms with Crippen molar-refractivity contribution in [2.24, 2.45) is 18.1 Å². The first-order valence-corrected chi connectivity index (χ1v) is 8.86. The molecular formula is C20H24N4O. The molecule has 0 fully saturated rings. The molecule has 5 heteroatoms. The van der Waals surface area contributed by atoms with Gasteiger partial charge in [-0.2, -0.15) is 0 Å². The minimum Gasteiger partial charge on any atom is -0.399 e. The molecule has 0 N–H and O–H groups in total. The van der Waals surface area contributed by atoms with Gasteiger partial charge in [-0.3, -0.25) is 0 Å². The Hall–Kier alpha value is -2.56. The zero-order valence-electron chi connectivity index (χ0n) is 15.1. The van der Waals surface area contributed by atoms with Crippen molar-refractivity contribution in [2.45, 2.75) is 32.7 Å². The lowest BCUT2D eigenvalue weighted by atomic mass is 9.94. The van der Waals surface area contributed by atoms with Gasteiger partial charge in [0.1, 0.15) is 12.9 Å². The molecule has 1 atom stereocenters. The van der Waals surface area contributed by atoms with E-state index in [0.29, 0.717) is 5.92 Å². The van der Waals surface area contributed by atoms with E-state index in [1.807, 2.05) is 13.1 Å². The van der Waals surface area contributed by atoms with Gasteiger partial charge >= 0.3 is 0 Å². The number of fused-ring (bicyclic) bond motifs is 3. The van der Waals surface area contributed by atoms with Gasteiger partial charge in [-0.15, -0.1) is 0 Å². The van der Waals surface area contributed by atoms with Crippen LogP contribution in [0.25, 0.3) is 10.9 Å². The summed E-state index contributed by atoms with van der Waals surface area (Å²) in [7, 11) is 3.80. The van der Waals surface area contributed by atoms with Gasteiger partial charge in [-0.25, -0.2) is 4.98 Å². The second-order valence-electron chi connectivity index (χ2n) is 6.77. The van der Waals surface area contributed by atoms with Gasteiger partial charge in [0.05, 0.1) is 5.71 Å². The Kier molecular flexibility index (Phi) is 4.07. The quantitative estimate of drug-likeness (QED) is 0.541.